The molecule has 0 atom stereocenters. The first-order valence-corrected chi connectivity index (χ1v) is 8.27. The molecule has 0 aliphatic carbocycles. The highest BCUT2D eigenvalue weighted by atomic mass is 127. The highest BCUT2D eigenvalue weighted by Crippen LogP contribution is 2.17. The molecule has 0 unspecified atom stereocenters. The van der Waals surface area contributed by atoms with Gasteiger partial charge in [-0.25, -0.2) is 8.42 Å². The number of rotatable bonds is 3. The Labute approximate surface area is 134 Å². The summed E-state index contributed by atoms with van der Waals surface area (Å²) in [5, 5.41) is 0. The lowest BCUT2D eigenvalue weighted by atomic mass is 10.00. The van der Waals surface area contributed by atoms with E-state index in [2.05, 4.69) is 11.9 Å². The maximum absolute atomic E-state index is 11.6. The number of likely N-dealkylation sites (tertiary alicyclic amines) is 1. The SMILES string of the molecule is CC1CCN(C(N)=NCC(C)(C)S(C)(=O)=O)CC1.I. The molecule has 1 fully saturated rings. The van der Waals surface area contributed by atoms with Crippen molar-refractivity contribution < 1.29 is 8.42 Å². The van der Waals surface area contributed by atoms with Crippen molar-refractivity contribution in [3.05, 3.63) is 0 Å². The van der Waals surface area contributed by atoms with Gasteiger partial charge in [-0.05, 0) is 32.6 Å². The van der Waals surface area contributed by atoms with Gasteiger partial charge in [-0.2, -0.15) is 0 Å². The third kappa shape index (κ3) is 5.45. The van der Waals surface area contributed by atoms with Gasteiger partial charge in [-0.1, -0.05) is 6.92 Å². The molecule has 19 heavy (non-hydrogen) atoms. The number of nitrogens with two attached hydrogens (primary N) is 1. The zero-order valence-electron chi connectivity index (χ0n) is 12.2. The Morgan fingerprint density at radius 2 is 1.84 bits per heavy atom. The topological polar surface area (TPSA) is 75.8 Å². The lowest BCUT2D eigenvalue weighted by Crippen LogP contribution is -2.44. The summed E-state index contributed by atoms with van der Waals surface area (Å²) < 4.78 is 22.3. The van der Waals surface area contributed by atoms with E-state index in [0.29, 0.717) is 5.96 Å². The van der Waals surface area contributed by atoms with Crippen LogP contribution in [-0.2, 0) is 9.84 Å². The highest BCUT2D eigenvalue weighted by molar-refractivity contribution is 14.0. The molecular weight excluding hydrogens is 377 g/mol. The zero-order valence-corrected chi connectivity index (χ0v) is 15.4. The van der Waals surface area contributed by atoms with Crippen LogP contribution in [0.5, 0.6) is 0 Å². The standard InChI is InChI=1S/C12H25N3O2S.HI/c1-10-5-7-15(8-6-10)11(13)14-9-12(2,3)18(4,16)17;/h10H,5-9H2,1-4H3,(H2,13,14);1H. The predicted octanol–water partition coefficient (Wildman–Crippen LogP) is 1.47. The van der Waals surface area contributed by atoms with E-state index in [1.807, 2.05) is 4.90 Å². The zero-order chi connectivity index (χ0) is 14.0. The van der Waals surface area contributed by atoms with Gasteiger partial charge in [-0.15, -0.1) is 24.0 Å². The summed E-state index contributed by atoms with van der Waals surface area (Å²) in [6.45, 7) is 7.63. The quantitative estimate of drug-likeness (QED) is 0.440. The van der Waals surface area contributed by atoms with Crippen LogP contribution < -0.4 is 5.73 Å². The molecule has 1 aliphatic heterocycles. The van der Waals surface area contributed by atoms with Gasteiger partial charge >= 0.3 is 0 Å². The molecule has 1 saturated heterocycles. The van der Waals surface area contributed by atoms with Gasteiger partial charge in [0.1, 0.15) is 0 Å². The van der Waals surface area contributed by atoms with Gasteiger partial charge in [0.25, 0.3) is 0 Å². The predicted molar refractivity (Wildman–Crippen MR) is 90.8 cm³/mol. The molecule has 0 aromatic carbocycles. The van der Waals surface area contributed by atoms with Crippen LogP contribution in [0, 0.1) is 5.92 Å². The minimum atomic E-state index is -3.12. The third-order valence-corrected chi connectivity index (χ3v) is 5.87. The third-order valence-electron chi connectivity index (χ3n) is 3.73. The molecule has 7 heteroatoms. The van der Waals surface area contributed by atoms with E-state index < -0.39 is 14.6 Å². The van der Waals surface area contributed by atoms with Crippen molar-refractivity contribution in [3.8, 4) is 0 Å². The van der Waals surface area contributed by atoms with Crippen molar-refractivity contribution in [1.29, 1.82) is 0 Å². The fourth-order valence-corrected chi connectivity index (χ4v) is 2.03. The minimum absolute atomic E-state index is 0. The minimum Gasteiger partial charge on any atom is -0.370 e. The van der Waals surface area contributed by atoms with E-state index in [1.165, 1.54) is 6.26 Å². The van der Waals surface area contributed by atoms with E-state index in [9.17, 15) is 8.42 Å². The summed E-state index contributed by atoms with van der Waals surface area (Å²) in [5.41, 5.74) is 5.93. The van der Waals surface area contributed by atoms with Crippen LogP contribution in [0.4, 0.5) is 0 Å². The van der Waals surface area contributed by atoms with Gasteiger partial charge in [0.15, 0.2) is 15.8 Å². The largest absolute Gasteiger partial charge is 0.370 e. The van der Waals surface area contributed by atoms with Crippen LogP contribution >= 0.6 is 24.0 Å². The smallest absolute Gasteiger partial charge is 0.191 e. The number of hydrogen-bond acceptors (Lipinski definition) is 3. The molecule has 5 nitrogen and oxygen atoms in total. The molecule has 1 rings (SSSR count). The molecule has 0 amide bonds. The average Bonchev–Trinajstić information content (AvgIpc) is 2.25. The fraction of sp³-hybridized carbons (Fsp3) is 0.917. The second-order valence-electron chi connectivity index (χ2n) is 5.88. The van der Waals surface area contributed by atoms with E-state index >= 15 is 0 Å². The van der Waals surface area contributed by atoms with Gasteiger partial charge in [-0.3, -0.25) is 4.99 Å². The Balaban J connectivity index is 0.00000324. The van der Waals surface area contributed by atoms with Crippen LogP contribution in [0.15, 0.2) is 4.99 Å². The van der Waals surface area contributed by atoms with Crippen molar-refractivity contribution in [2.24, 2.45) is 16.6 Å². The molecule has 0 spiro atoms. The maximum atomic E-state index is 11.6. The molecule has 1 heterocycles. The monoisotopic (exact) mass is 403 g/mol. The Morgan fingerprint density at radius 3 is 2.26 bits per heavy atom. The van der Waals surface area contributed by atoms with Crippen LogP contribution in [0.3, 0.4) is 0 Å². The summed E-state index contributed by atoms with van der Waals surface area (Å²) in [5.74, 6) is 1.21. The van der Waals surface area contributed by atoms with Gasteiger partial charge in [0.05, 0.1) is 11.3 Å². The highest BCUT2D eigenvalue weighted by Gasteiger charge is 2.30. The van der Waals surface area contributed by atoms with Crippen molar-refractivity contribution in [3.63, 3.8) is 0 Å². The number of nitrogens with zero attached hydrogens (tertiary/aromatic N) is 2. The van der Waals surface area contributed by atoms with Crippen molar-refractivity contribution in [1.82, 2.24) is 4.90 Å². The molecule has 0 bridgehead atoms. The number of guanidine groups is 1. The van der Waals surface area contributed by atoms with Gasteiger partial charge in [0, 0.05) is 19.3 Å². The Hall–Kier alpha value is -0.0500. The molecule has 0 aromatic heterocycles. The van der Waals surface area contributed by atoms with Crippen LogP contribution in [0.1, 0.15) is 33.6 Å². The number of piperidine rings is 1. The molecular formula is C12H26IN3O2S. The lowest BCUT2D eigenvalue weighted by Gasteiger charge is -2.31. The van der Waals surface area contributed by atoms with Gasteiger partial charge < -0.3 is 10.6 Å². The van der Waals surface area contributed by atoms with Crippen molar-refractivity contribution >= 4 is 39.8 Å². The van der Waals surface area contributed by atoms with Crippen LogP contribution in [0.2, 0.25) is 0 Å². The second kappa shape index (κ2) is 7.10. The summed E-state index contributed by atoms with van der Waals surface area (Å²) in [7, 11) is -3.12. The first-order chi connectivity index (χ1) is 8.13. The van der Waals surface area contributed by atoms with Crippen LogP contribution in [0.25, 0.3) is 0 Å². The Morgan fingerprint density at radius 1 is 1.37 bits per heavy atom. The number of sulfone groups is 1. The summed E-state index contributed by atoms with van der Waals surface area (Å²) >= 11 is 0. The number of aliphatic imine (C=N–C) groups is 1. The van der Waals surface area contributed by atoms with Gasteiger partial charge in [0.2, 0.25) is 0 Å². The fourth-order valence-electron chi connectivity index (χ4n) is 1.73. The van der Waals surface area contributed by atoms with Crippen LogP contribution in [-0.4, -0.2) is 49.9 Å². The van der Waals surface area contributed by atoms with Crippen molar-refractivity contribution in [2.75, 3.05) is 25.9 Å². The lowest BCUT2D eigenvalue weighted by molar-refractivity contribution is 0.277. The van der Waals surface area contributed by atoms with E-state index in [1.54, 1.807) is 13.8 Å². The van der Waals surface area contributed by atoms with E-state index in [0.717, 1.165) is 31.8 Å². The first kappa shape index (κ1) is 18.9. The molecule has 1 aliphatic rings. The van der Waals surface area contributed by atoms with E-state index in [4.69, 9.17) is 5.73 Å². The first-order valence-electron chi connectivity index (χ1n) is 6.38. The normalized spacial score (nSPS) is 19.2. The molecule has 0 saturated carbocycles. The Kier molecular flexibility index (Phi) is 7.08. The molecule has 2 N–H and O–H groups in total. The molecule has 0 radical (unpaired) electrons. The van der Waals surface area contributed by atoms with E-state index in [-0.39, 0.29) is 30.5 Å². The number of hydrogen-bond donors (Lipinski definition) is 1. The van der Waals surface area contributed by atoms with Crippen molar-refractivity contribution in [2.45, 2.75) is 38.4 Å². The molecule has 114 valence electrons. The summed E-state index contributed by atoms with van der Waals surface area (Å²) in [4.78, 5) is 6.29. The maximum Gasteiger partial charge on any atom is 0.191 e. The summed E-state index contributed by atoms with van der Waals surface area (Å²) in [6.07, 6.45) is 3.47. The number of halogens is 1. The second-order valence-corrected chi connectivity index (χ2v) is 8.53. The Bertz CT molecular complexity index is 413. The molecule has 0 aromatic rings. The average molecular weight is 403 g/mol. The summed E-state index contributed by atoms with van der Waals surface area (Å²) in [6, 6.07) is 0.